The van der Waals surface area contributed by atoms with Crippen molar-refractivity contribution in [3.8, 4) is 0 Å². The molecule has 0 aliphatic rings. The van der Waals surface area contributed by atoms with Crippen LogP contribution in [-0.4, -0.2) is 24.4 Å². The van der Waals surface area contributed by atoms with Crippen LogP contribution >= 0.6 is 8.58 Å². The molecule has 0 saturated carbocycles. The third kappa shape index (κ3) is 3.34. The summed E-state index contributed by atoms with van der Waals surface area (Å²) in [5.74, 6) is 0. The first-order valence-electron chi connectivity index (χ1n) is 7.02. The van der Waals surface area contributed by atoms with Crippen molar-refractivity contribution in [3.05, 3.63) is 77.4 Å². The number of hydrogen-bond acceptors (Lipinski definition) is 1. The second kappa shape index (κ2) is 7.25. The van der Waals surface area contributed by atoms with Crippen molar-refractivity contribution in [2.24, 2.45) is 0 Å². The molecule has 0 spiro atoms. The van der Waals surface area contributed by atoms with E-state index in [0.717, 1.165) is 32.8 Å². The van der Waals surface area contributed by atoms with Gasteiger partial charge in [0.1, 0.15) is 0 Å². The van der Waals surface area contributed by atoms with Crippen molar-refractivity contribution in [1.29, 1.82) is 0 Å². The van der Waals surface area contributed by atoms with Crippen LogP contribution in [0.3, 0.4) is 0 Å². The molecule has 0 aliphatic heterocycles. The fourth-order valence-electron chi connectivity index (χ4n) is 2.67. The van der Waals surface area contributed by atoms with E-state index in [1.807, 2.05) is 49.4 Å². The van der Waals surface area contributed by atoms with Gasteiger partial charge in [-0.1, -0.05) is 60.7 Å². The summed E-state index contributed by atoms with van der Waals surface area (Å²) >= 11 is 0. The summed E-state index contributed by atoms with van der Waals surface area (Å²) in [6, 6.07) is 20.3. The third-order valence-electron chi connectivity index (χ3n) is 3.72. The molecule has 0 radical (unpaired) electrons. The molecule has 0 aromatic heterocycles. The van der Waals surface area contributed by atoms with Gasteiger partial charge in [0, 0.05) is 5.56 Å². The Morgan fingerprint density at radius 1 is 0.818 bits per heavy atom. The van der Waals surface area contributed by atoms with Gasteiger partial charge in [-0.05, 0) is 49.6 Å². The second-order valence-electron chi connectivity index (χ2n) is 5.25. The van der Waals surface area contributed by atoms with Gasteiger partial charge in [0.2, 0.25) is 0 Å². The van der Waals surface area contributed by atoms with Gasteiger partial charge < -0.3 is 0 Å². The van der Waals surface area contributed by atoms with Crippen LogP contribution in [0, 0.1) is 13.8 Å². The maximum atomic E-state index is 12.8. The molecular weight excluding hydrogens is 282 g/mol. The van der Waals surface area contributed by atoms with Crippen LogP contribution in [-0.2, 0) is 0 Å². The van der Waals surface area contributed by atoms with Gasteiger partial charge in [-0.25, -0.2) is 0 Å². The second-order valence-corrected chi connectivity index (χ2v) is 6.53. The standard InChI is InChI=1S/C19H17OP.Li.H/c1-13-7-6-8-15-12-11-14(2)18(17(13)15)19(20)21-16-9-4-3-5-10-16;;/h3-12,21H,1-2H3;;. The molecule has 106 valence electrons. The first-order valence-corrected chi connectivity index (χ1v) is 8.02. The first-order chi connectivity index (χ1) is 10.2. The summed E-state index contributed by atoms with van der Waals surface area (Å²) in [6.45, 7) is 4.10. The van der Waals surface area contributed by atoms with Crippen LogP contribution < -0.4 is 5.30 Å². The molecule has 0 aliphatic carbocycles. The van der Waals surface area contributed by atoms with E-state index in [2.05, 4.69) is 25.1 Å². The Balaban J connectivity index is 0.00000176. The van der Waals surface area contributed by atoms with Crippen LogP contribution in [0.15, 0.2) is 60.7 Å². The van der Waals surface area contributed by atoms with Crippen LogP contribution in [0.2, 0.25) is 0 Å². The van der Waals surface area contributed by atoms with E-state index in [1.54, 1.807) is 0 Å². The van der Waals surface area contributed by atoms with E-state index < -0.39 is 0 Å². The summed E-state index contributed by atoms with van der Waals surface area (Å²) in [6.07, 6.45) is 0. The molecule has 1 nitrogen and oxygen atoms in total. The Kier molecular flexibility index (Phi) is 5.60. The molecule has 3 rings (SSSR count). The molecule has 0 bridgehead atoms. The third-order valence-corrected chi connectivity index (χ3v) is 4.82. The summed E-state index contributed by atoms with van der Waals surface area (Å²) in [5.41, 5.74) is 3.33. The van der Waals surface area contributed by atoms with Crippen molar-refractivity contribution in [2.75, 3.05) is 0 Å². The number of fused-ring (bicyclic) bond motifs is 1. The summed E-state index contributed by atoms with van der Waals surface area (Å²) in [4.78, 5) is 12.8. The monoisotopic (exact) mass is 300 g/mol. The van der Waals surface area contributed by atoms with Gasteiger partial charge in [0.05, 0.1) is 0 Å². The Bertz CT molecular complexity index is 812. The molecule has 1 atom stereocenters. The van der Waals surface area contributed by atoms with Gasteiger partial charge in [-0.15, -0.1) is 0 Å². The Labute approximate surface area is 145 Å². The fraction of sp³-hybridized carbons (Fsp3) is 0.105. The Morgan fingerprint density at radius 2 is 1.55 bits per heavy atom. The minimum atomic E-state index is 0. The van der Waals surface area contributed by atoms with E-state index in [-0.39, 0.29) is 33.0 Å². The zero-order chi connectivity index (χ0) is 14.8. The maximum absolute atomic E-state index is 12.8. The average molecular weight is 300 g/mol. The SMILES string of the molecule is Cc1ccc2cccc(C)c2c1C(=O)Pc1ccccc1.[LiH]. The molecule has 3 heteroatoms. The number of carbonyl (C=O) groups is 1. The first kappa shape index (κ1) is 17.0. The molecule has 0 amide bonds. The predicted molar refractivity (Wildman–Crippen MR) is 99.3 cm³/mol. The zero-order valence-electron chi connectivity index (χ0n) is 12.2. The molecule has 22 heavy (non-hydrogen) atoms. The van der Waals surface area contributed by atoms with Gasteiger partial charge in [0.15, 0.2) is 5.52 Å². The van der Waals surface area contributed by atoms with Gasteiger partial charge in [0.25, 0.3) is 0 Å². The number of hydrogen-bond donors (Lipinski definition) is 0. The zero-order valence-corrected chi connectivity index (χ0v) is 13.2. The Morgan fingerprint density at radius 3 is 2.27 bits per heavy atom. The number of benzene rings is 3. The van der Waals surface area contributed by atoms with E-state index >= 15 is 0 Å². The summed E-state index contributed by atoms with van der Waals surface area (Å²) in [5, 5.41) is 3.33. The number of rotatable bonds is 3. The van der Waals surface area contributed by atoms with Crippen molar-refractivity contribution in [1.82, 2.24) is 0 Å². The predicted octanol–water partition coefficient (Wildman–Crippen LogP) is 3.95. The minimum absolute atomic E-state index is 0. The van der Waals surface area contributed by atoms with E-state index in [9.17, 15) is 4.79 Å². The molecule has 1 unspecified atom stereocenters. The Hall–Kier alpha value is -1.38. The van der Waals surface area contributed by atoms with E-state index in [0.29, 0.717) is 0 Å². The number of carbonyl (C=O) groups excluding carboxylic acids is 1. The average Bonchev–Trinajstić information content (AvgIpc) is 2.49. The number of aryl methyl sites for hydroxylation is 2. The molecular formula is C19H18LiOP. The van der Waals surface area contributed by atoms with Crippen molar-refractivity contribution < 1.29 is 4.79 Å². The van der Waals surface area contributed by atoms with Crippen molar-refractivity contribution in [3.63, 3.8) is 0 Å². The normalized spacial score (nSPS) is 10.8. The van der Waals surface area contributed by atoms with Gasteiger partial charge in [-0.2, -0.15) is 0 Å². The molecule has 0 N–H and O–H groups in total. The summed E-state index contributed by atoms with van der Waals surface area (Å²) in [7, 11) is 0.173. The van der Waals surface area contributed by atoms with Crippen molar-refractivity contribution in [2.45, 2.75) is 13.8 Å². The van der Waals surface area contributed by atoms with Gasteiger partial charge >= 0.3 is 18.9 Å². The van der Waals surface area contributed by atoms with Crippen LogP contribution in [0.5, 0.6) is 0 Å². The molecule has 3 aromatic rings. The quantitative estimate of drug-likeness (QED) is 0.529. The van der Waals surface area contributed by atoms with E-state index in [1.165, 1.54) is 0 Å². The van der Waals surface area contributed by atoms with Gasteiger partial charge in [-0.3, -0.25) is 4.79 Å². The van der Waals surface area contributed by atoms with Crippen LogP contribution in [0.4, 0.5) is 0 Å². The molecule has 0 fully saturated rings. The fourth-order valence-corrected chi connectivity index (χ4v) is 3.74. The molecule has 3 aromatic carbocycles. The van der Waals surface area contributed by atoms with E-state index in [4.69, 9.17) is 0 Å². The molecule has 0 heterocycles. The van der Waals surface area contributed by atoms with Crippen molar-refractivity contribution >= 4 is 49.0 Å². The van der Waals surface area contributed by atoms with Crippen LogP contribution in [0.25, 0.3) is 10.8 Å². The van der Waals surface area contributed by atoms with Crippen LogP contribution in [0.1, 0.15) is 21.5 Å². The summed E-state index contributed by atoms with van der Waals surface area (Å²) < 4.78 is 0. The molecule has 0 saturated heterocycles. The topological polar surface area (TPSA) is 17.1 Å².